The van der Waals surface area contributed by atoms with Crippen LogP contribution in [-0.4, -0.2) is 31.5 Å². The number of hydrogen-bond donors (Lipinski definition) is 1. The van der Waals surface area contributed by atoms with Crippen LogP contribution in [0.5, 0.6) is 0 Å². The normalized spacial score (nSPS) is 13.7. The predicted octanol–water partition coefficient (Wildman–Crippen LogP) is 1.78. The van der Waals surface area contributed by atoms with E-state index in [1.165, 1.54) is 0 Å². The van der Waals surface area contributed by atoms with Crippen LogP contribution in [0.25, 0.3) is 5.69 Å². The fraction of sp³-hybridized carbons (Fsp3) is 0.385. The highest BCUT2D eigenvalue weighted by Gasteiger charge is 2.16. The Kier molecular flexibility index (Phi) is 4.71. The van der Waals surface area contributed by atoms with Crippen LogP contribution in [0.3, 0.4) is 0 Å². The molecule has 0 radical (unpaired) electrons. The lowest BCUT2D eigenvalue weighted by atomic mass is 10.0. The molecule has 0 aliphatic heterocycles. The summed E-state index contributed by atoms with van der Waals surface area (Å²) >= 11 is 1.56. The van der Waals surface area contributed by atoms with E-state index >= 15 is 0 Å². The first-order chi connectivity index (χ1) is 9.62. The molecular weight excluding hydrogens is 272 g/mol. The summed E-state index contributed by atoms with van der Waals surface area (Å²) in [5, 5.41) is 21.3. The summed E-state index contributed by atoms with van der Waals surface area (Å²) in [5.74, 6) is 0.821. The van der Waals surface area contributed by atoms with Crippen LogP contribution in [0.1, 0.15) is 19.8 Å². The predicted molar refractivity (Wildman–Crippen MR) is 77.3 cm³/mol. The van der Waals surface area contributed by atoms with Crippen molar-refractivity contribution >= 4 is 11.8 Å². The quantitative estimate of drug-likeness (QED) is 0.643. The zero-order chi connectivity index (χ0) is 14.4. The number of para-hydroxylation sites is 1. The summed E-state index contributed by atoms with van der Waals surface area (Å²) < 4.78 is 1.70. The Morgan fingerprint density at radius 3 is 2.85 bits per heavy atom. The van der Waals surface area contributed by atoms with Gasteiger partial charge < -0.3 is 5.73 Å². The minimum absolute atomic E-state index is 0.656. The number of nitrogens with zero attached hydrogens (tertiary/aromatic N) is 5. The molecule has 1 unspecified atom stereocenters. The van der Waals surface area contributed by atoms with Crippen molar-refractivity contribution < 1.29 is 0 Å². The minimum atomic E-state index is -0.758. The van der Waals surface area contributed by atoms with Crippen molar-refractivity contribution in [3.05, 3.63) is 30.3 Å². The summed E-state index contributed by atoms with van der Waals surface area (Å²) in [4.78, 5) is 0. The summed E-state index contributed by atoms with van der Waals surface area (Å²) in [6.07, 6.45) is 1.50. The van der Waals surface area contributed by atoms with Crippen molar-refractivity contribution in [2.45, 2.75) is 30.5 Å². The van der Waals surface area contributed by atoms with Crippen molar-refractivity contribution in [3.8, 4) is 11.8 Å². The molecule has 2 N–H and O–H groups in total. The van der Waals surface area contributed by atoms with Crippen molar-refractivity contribution in [2.24, 2.45) is 5.73 Å². The third kappa shape index (κ3) is 3.79. The van der Waals surface area contributed by atoms with Crippen molar-refractivity contribution in [1.82, 2.24) is 20.2 Å². The molecular formula is C13H16N6S. The van der Waals surface area contributed by atoms with Crippen molar-refractivity contribution in [1.29, 1.82) is 5.26 Å². The molecule has 1 atom stereocenters. The van der Waals surface area contributed by atoms with E-state index in [0.717, 1.165) is 23.0 Å². The van der Waals surface area contributed by atoms with E-state index in [0.29, 0.717) is 6.42 Å². The summed E-state index contributed by atoms with van der Waals surface area (Å²) in [6, 6.07) is 11.8. The number of hydrogen-bond acceptors (Lipinski definition) is 6. The van der Waals surface area contributed by atoms with Crippen LogP contribution in [-0.2, 0) is 0 Å². The molecule has 7 heteroatoms. The topological polar surface area (TPSA) is 93.4 Å². The second-order valence-electron chi connectivity index (χ2n) is 4.69. The highest BCUT2D eigenvalue weighted by atomic mass is 32.2. The lowest BCUT2D eigenvalue weighted by Crippen LogP contribution is -2.33. The van der Waals surface area contributed by atoms with Crippen LogP contribution in [0, 0.1) is 11.3 Å². The number of nitrogens with two attached hydrogens (primary N) is 1. The lowest BCUT2D eigenvalue weighted by Gasteiger charge is -2.14. The highest BCUT2D eigenvalue weighted by Crippen LogP contribution is 2.20. The van der Waals surface area contributed by atoms with Crippen LogP contribution >= 0.6 is 11.8 Å². The van der Waals surface area contributed by atoms with Gasteiger partial charge in [0.05, 0.1) is 11.8 Å². The van der Waals surface area contributed by atoms with E-state index in [4.69, 9.17) is 11.0 Å². The Bertz CT molecular complexity index is 586. The molecule has 0 bridgehead atoms. The van der Waals surface area contributed by atoms with Crippen molar-refractivity contribution in [2.75, 3.05) is 5.75 Å². The average Bonchev–Trinajstić information content (AvgIpc) is 2.93. The van der Waals surface area contributed by atoms with Crippen molar-refractivity contribution in [3.63, 3.8) is 0 Å². The van der Waals surface area contributed by atoms with Gasteiger partial charge >= 0.3 is 0 Å². The Hall–Kier alpha value is -1.91. The van der Waals surface area contributed by atoms with E-state index in [9.17, 15) is 0 Å². The minimum Gasteiger partial charge on any atom is -0.314 e. The Balaban J connectivity index is 1.92. The number of nitriles is 1. The molecule has 2 aromatic rings. The molecule has 0 amide bonds. The standard InChI is InChI=1S/C13H16N6S/c1-13(15,10-14)8-5-9-20-12-16-17-18-19(12)11-6-3-2-4-7-11/h2-4,6-7H,5,8-9,15H2,1H3. The number of benzene rings is 1. The van der Waals surface area contributed by atoms with Gasteiger partial charge in [-0.15, -0.1) is 5.10 Å². The Labute approximate surface area is 122 Å². The Morgan fingerprint density at radius 1 is 1.40 bits per heavy atom. The van der Waals surface area contributed by atoms with E-state index in [1.54, 1.807) is 23.4 Å². The smallest absolute Gasteiger partial charge is 0.214 e. The van der Waals surface area contributed by atoms with Gasteiger partial charge in [-0.3, -0.25) is 0 Å². The molecule has 104 valence electrons. The van der Waals surface area contributed by atoms with Gasteiger partial charge in [0.25, 0.3) is 0 Å². The Morgan fingerprint density at radius 2 is 2.15 bits per heavy atom. The van der Waals surface area contributed by atoms with Crippen LogP contribution in [0.4, 0.5) is 0 Å². The molecule has 1 aromatic heterocycles. The summed E-state index contributed by atoms with van der Waals surface area (Å²) in [6.45, 7) is 1.74. The SMILES string of the molecule is CC(N)(C#N)CCCSc1nnnn1-c1ccccc1. The van der Waals surface area contributed by atoms with Gasteiger partial charge in [0.15, 0.2) is 0 Å². The first-order valence-corrected chi connectivity index (χ1v) is 7.28. The maximum atomic E-state index is 8.85. The van der Waals surface area contributed by atoms with E-state index in [1.807, 2.05) is 30.3 Å². The molecule has 0 fully saturated rings. The van der Waals surface area contributed by atoms with Crippen LogP contribution in [0.2, 0.25) is 0 Å². The largest absolute Gasteiger partial charge is 0.314 e. The number of rotatable bonds is 6. The van der Waals surface area contributed by atoms with Gasteiger partial charge in [-0.25, -0.2) is 0 Å². The number of tetrazole rings is 1. The second-order valence-corrected chi connectivity index (χ2v) is 5.75. The van der Waals surface area contributed by atoms with Gasteiger partial charge in [0.1, 0.15) is 5.54 Å². The number of thioether (sulfide) groups is 1. The molecule has 0 spiro atoms. The number of aromatic nitrogens is 4. The zero-order valence-corrected chi connectivity index (χ0v) is 12.0. The third-order valence-corrected chi connectivity index (χ3v) is 3.77. The molecule has 2 rings (SSSR count). The monoisotopic (exact) mass is 288 g/mol. The highest BCUT2D eigenvalue weighted by molar-refractivity contribution is 7.99. The first kappa shape index (κ1) is 14.5. The molecule has 0 saturated carbocycles. The average molecular weight is 288 g/mol. The first-order valence-electron chi connectivity index (χ1n) is 6.29. The summed E-state index contributed by atoms with van der Waals surface area (Å²) in [5.41, 5.74) is 5.95. The lowest BCUT2D eigenvalue weighted by molar-refractivity contribution is 0.540. The summed E-state index contributed by atoms with van der Waals surface area (Å²) in [7, 11) is 0. The maximum Gasteiger partial charge on any atom is 0.214 e. The van der Waals surface area contributed by atoms with Crippen LogP contribution < -0.4 is 5.73 Å². The molecule has 1 heterocycles. The fourth-order valence-corrected chi connectivity index (χ4v) is 2.49. The zero-order valence-electron chi connectivity index (χ0n) is 11.2. The fourth-order valence-electron chi connectivity index (χ4n) is 1.66. The van der Waals surface area contributed by atoms with Gasteiger partial charge in [-0.2, -0.15) is 9.94 Å². The molecule has 0 aliphatic rings. The van der Waals surface area contributed by atoms with Gasteiger partial charge in [-0.05, 0) is 42.3 Å². The molecule has 0 saturated heterocycles. The van der Waals surface area contributed by atoms with Crippen LogP contribution in [0.15, 0.2) is 35.5 Å². The maximum absolute atomic E-state index is 8.85. The molecule has 20 heavy (non-hydrogen) atoms. The van der Waals surface area contributed by atoms with E-state index < -0.39 is 5.54 Å². The van der Waals surface area contributed by atoms with E-state index in [-0.39, 0.29) is 0 Å². The molecule has 0 aliphatic carbocycles. The third-order valence-electron chi connectivity index (χ3n) is 2.77. The van der Waals surface area contributed by atoms with Gasteiger partial charge in [0.2, 0.25) is 5.16 Å². The van der Waals surface area contributed by atoms with Gasteiger partial charge in [0, 0.05) is 5.75 Å². The van der Waals surface area contributed by atoms with Gasteiger partial charge in [-0.1, -0.05) is 30.0 Å². The molecule has 1 aromatic carbocycles. The molecule has 6 nitrogen and oxygen atoms in total. The second kappa shape index (κ2) is 6.50. The van der Waals surface area contributed by atoms with E-state index in [2.05, 4.69) is 21.6 Å².